The molecule has 0 amide bonds. The molecule has 0 saturated carbocycles. The zero-order valence-electron chi connectivity index (χ0n) is 10.2. The molecule has 0 aliphatic carbocycles. The van der Waals surface area contributed by atoms with Crippen LogP contribution in [-0.2, 0) is 0 Å². The molecular formula is C13H18BrFN2O. The quantitative estimate of drug-likeness (QED) is 0.843. The Balaban J connectivity index is 2.30. The number of nitrogen functional groups attached to an aromatic ring is 1. The molecule has 1 heterocycles. The van der Waals surface area contributed by atoms with Crippen LogP contribution in [0.4, 0.5) is 15.8 Å². The van der Waals surface area contributed by atoms with Gasteiger partial charge in [-0.15, -0.1) is 0 Å². The Labute approximate surface area is 115 Å². The first-order chi connectivity index (χ1) is 8.63. The second-order valence-electron chi connectivity index (χ2n) is 4.68. The fourth-order valence-electron chi connectivity index (χ4n) is 2.57. The Kier molecular flexibility index (Phi) is 4.45. The van der Waals surface area contributed by atoms with E-state index >= 15 is 0 Å². The van der Waals surface area contributed by atoms with Gasteiger partial charge in [0.2, 0.25) is 0 Å². The van der Waals surface area contributed by atoms with Crippen LogP contribution in [0.1, 0.15) is 25.7 Å². The Bertz CT molecular complexity index is 426. The third-order valence-corrected chi connectivity index (χ3v) is 4.08. The van der Waals surface area contributed by atoms with Gasteiger partial charge in [0.25, 0.3) is 0 Å². The number of rotatable bonds is 3. The lowest BCUT2D eigenvalue weighted by Gasteiger charge is -2.38. The fourth-order valence-corrected chi connectivity index (χ4v) is 2.90. The van der Waals surface area contributed by atoms with Crippen LogP contribution in [0.3, 0.4) is 0 Å². The number of halogens is 2. The Morgan fingerprint density at radius 1 is 1.44 bits per heavy atom. The van der Waals surface area contributed by atoms with Crippen molar-refractivity contribution in [3.05, 3.63) is 22.4 Å². The molecule has 0 aromatic heterocycles. The summed E-state index contributed by atoms with van der Waals surface area (Å²) in [5.41, 5.74) is 7.24. The number of piperidine rings is 1. The van der Waals surface area contributed by atoms with Gasteiger partial charge in [-0.2, -0.15) is 0 Å². The lowest BCUT2D eigenvalue weighted by atomic mass is 9.98. The summed E-state index contributed by atoms with van der Waals surface area (Å²) < 4.78 is 13.8. The molecule has 0 radical (unpaired) electrons. The van der Waals surface area contributed by atoms with Gasteiger partial charge in [0.1, 0.15) is 5.82 Å². The number of aliphatic hydroxyl groups is 1. The van der Waals surface area contributed by atoms with E-state index in [1.807, 2.05) is 0 Å². The van der Waals surface area contributed by atoms with Gasteiger partial charge >= 0.3 is 0 Å². The van der Waals surface area contributed by atoms with Crippen LogP contribution < -0.4 is 10.6 Å². The average Bonchev–Trinajstić information content (AvgIpc) is 2.35. The van der Waals surface area contributed by atoms with E-state index in [0.717, 1.165) is 31.5 Å². The summed E-state index contributed by atoms with van der Waals surface area (Å²) in [6.07, 6.45) is 4.06. The average molecular weight is 317 g/mol. The zero-order valence-corrected chi connectivity index (χ0v) is 11.8. The van der Waals surface area contributed by atoms with Gasteiger partial charge in [0, 0.05) is 25.3 Å². The Morgan fingerprint density at radius 2 is 2.22 bits per heavy atom. The van der Waals surface area contributed by atoms with E-state index in [2.05, 4.69) is 20.8 Å². The molecular weight excluding hydrogens is 299 g/mol. The maximum Gasteiger partial charge on any atom is 0.139 e. The topological polar surface area (TPSA) is 49.5 Å². The molecule has 0 bridgehead atoms. The minimum absolute atomic E-state index is 0.170. The van der Waals surface area contributed by atoms with E-state index in [-0.39, 0.29) is 12.4 Å². The van der Waals surface area contributed by atoms with Crippen molar-refractivity contribution in [1.82, 2.24) is 0 Å². The fraction of sp³-hybridized carbons (Fsp3) is 0.538. The van der Waals surface area contributed by atoms with Gasteiger partial charge in [-0.1, -0.05) is 0 Å². The van der Waals surface area contributed by atoms with E-state index in [1.54, 1.807) is 6.07 Å². The maximum absolute atomic E-state index is 13.4. The first-order valence-corrected chi connectivity index (χ1v) is 7.05. The van der Waals surface area contributed by atoms with E-state index < -0.39 is 0 Å². The summed E-state index contributed by atoms with van der Waals surface area (Å²) in [6, 6.07) is 3.38. The minimum Gasteiger partial charge on any atom is -0.397 e. The highest BCUT2D eigenvalue weighted by atomic mass is 79.9. The maximum atomic E-state index is 13.4. The third kappa shape index (κ3) is 2.78. The van der Waals surface area contributed by atoms with Crippen molar-refractivity contribution in [3.63, 3.8) is 0 Å². The van der Waals surface area contributed by atoms with Crippen LogP contribution >= 0.6 is 15.9 Å². The molecule has 1 atom stereocenters. The molecule has 1 aliphatic rings. The van der Waals surface area contributed by atoms with Crippen LogP contribution in [0.15, 0.2) is 16.6 Å². The molecule has 18 heavy (non-hydrogen) atoms. The minimum atomic E-state index is -0.341. The lowest BCUT2D eigenvalue weighted by Crippen LogP contribution is -2.40. The number of aliphatic hydroxyl groups excluding tert-OH is 1. The Morgan fingerprint density at radius 3 is 2.94 bits per heavy atom. The van der Waals surface area contributed by atoms with Gasteiger partial charge in [-0.3, -0.25) is 0 Å². The molecule has 1 aliphatic heterocycles. The van der Waals surface area contributed by atoms with E-state index in [1.165, 1.54) is 12.5 Å². The molecule has 2 rings (SSSR count). The summed E-state index contributed by atoms with van der Waals surface area (Å²) in [5.74, 6) is -0.341. The summed E-state index contributed by atoms with van der Waals surface area (Å²) >= 11 is 3.20. The number of hydrogen-bond donors (Lipinski definition) is 2. The van der Waals surface area contributed by atoms with Crippen molar-refractivity contribution in [2.24, 2.45) is 0 Å². The smallest absolute Gasteiger partial charge is 0.139 e. The van der Waals surface area contributed by atoms with Crippen molar-refractivity contribution in [3.8, 4) is 0 Å². The predicted molar refractivity (Wildman–Crippen MR) is 75.2 cm³/mol. The molecule has 100 valence electrons. The first-order valence-electron chi connectivity index (χ1n) is 6.25. The van der Waals surface area contributed by atoms with Crippen LogP contribution in [0.25, 0.3) is 0 Å². The normalized spacial score (nSPS) is 20.2. The molecule has 1 fully saturated rings. The summed E-state index contributed by atoms with van der Waals surface area (Å²) in [4.78, 5) is 2.19. The summed E-state index contributed by atoms with van der Waals surface area (Å²) in [6.45, 7) is 1.08. The second-order valence-corrected chi connectivity index (χ2v) is 5.53. The van der Waals surface area contributed by atoms with Crippen molar-refractivity contribution in [1.29, 1.82) is 0 Å². The molecule has 3 N–H and O–H groups in total. The van der Waals surface area contributed by atoms with Crippen molar-refractivity contribution in [2.75, 3.05) is 23.8 Å². The second kappa shape index (κ2) is 5.89. The number of benzene rings is 1. The van der Waals surface area contributed by atoms with Gasteiger partial charge in [-0.05, 0) is 47.7 Å². The van der Waals surface area contributed by atoms with Gasteiger partial charge in [-0.25, -0.2) is 4.39 Å². The molecule has 5 heteroatoms. The zero-order chi connectivity index (χ0) is 13.1. The van der Waals surface area contributed by atoms with Crippen molar-refractivity contribution in [2.45, 2.75) is 31.7 Å². The van der Waals surface area contributed by atoms with Gasteiger partial charge in [0.05, 0.1) is 15.8 Å². The molecule has 0 spiro atoms. The SMILES string of the molecule is Nc1cc(F)c(Br)cc1N1CCCCC1CCO. The highest BCUT2D eigenvalue weighted by molar-refractivity contribution is 9.10. The van der Waals surface area contributed by atoms with Gasteiger partial charge < -0.3 is 15.7 Å². The number of hydrogen-bond acceptors (Lipinski definition) is 3. The number of nitrogens with two attached hydrogens (primary N) is 1. The largest absolute Gasteiger partial charge is 0.397 e. The van der Waals surface area contributed by atoms with Crippen LogP contribution in [0.5, 0.6) is 0 Å². The van der Waals surface area contributed by atoms with E-state index in [0.29, 0.717) is 16.2 Å². The molecule has 1 unspecified atom stereocenters. The first kappa shape index (κ1) is 13.6. The standard InChI is InChI=1S/C13H18BrFN2O/c14-10-7-13(12(16)8-11(10)15)17-5-2-1-3-9(17)4-6-18/h7-9,18H,1-6,16H2. The predicted octanol–water partition coefficient (Wildman–Crippen LogP) is 2.91. The molecule has 3 nitrogen and oxygen atoms in total. The summed E-state index contributed by atoms with van der Waals surface area (Å²) in [5, 5.41) is 9.12. The number of anilines is 2. The highest BCUT2D eigenvalue weighted by Crippen LogP contribution is 2.34. The lowest BCUT2D eigenvalue weighted by molar-refractivity contribution is 0.262. The molecule has 1 aromatic rings. The number of nitrogens with zero attached hydrogens (tertiary/aromatic N) is 1. The van der Waals surface area contributed by atoms with E-state index in [4.69, 9.17) is 10.8 Å². The monoisotopic (exact) mass is 316 g/mol. The molecule has 1 aromatic carbocycles. The van der Waals surface area contributed by atoms with Crippen LogP contribution in [0.2, 0.25) is 0 Å². The van der Waals surface area contributed by atoms with Crippen LogP contribution in [0, 0.1) is 5.82 Å². The Hall–Kier alpha value is -0.810. The third-order valence-electron chi connectivity index (χ3n) is 3.47. The van der Waals surface area contributed by atoms with Crippen LogP contribution in [-0.4, -0.2) is 24.3 Å². The van der Waals surface area contributed by atoms with Crippen molar-refractivity contribution < 1.29 is 9.50 Å². The van der Waals surface area contributed by atoms with Gasteiger partial charge in [0.15, 0.2) is 0 Å². The van der Waals surface area contributed by atoms with E-state index in [9.17, 15) is 4.39 Å². The molecule has 1 saturated heterocycles. The van der Waals surface area contributed by atoms with Crippen molar-refractivity contribution >= 4 is 27.3 Å². The highest BCUT2D eigenvalue weighted by Gasteiger charge is 2.24. The summed E-state index contributed by atoms with van der Waals surface area (Å²) in [7, 11) is 0.